The Labute approximate surface area is 117 Å². The van der Waals surface area contributed by atoms with Crippen LogP contribution < -0.4 is 10.6 Å². The molecule has 1 aliphatic rings. The first kappa shape index (κ1) is 16.2. The minimum Gasteiger partial charge on any atom is -0.383 e. The highest BCUT2D eigenvalue weighted by molar-refractivity contribution is 5.79. The highest BCUT2D eigenvalue weighted by Crippen LogP contribution is 2.15. The van der Waals surface area contributed by atoms with Gasteiger partial charge < -0.3 is 20.3 Å². The molecule has 1 rings (SSSR count). The van der Waals surface area contributed by atoms with E-state index in [-0.39, 0.29) is 6.04 Å². The maximum absolute atomic E-state index is 5.12. The van der Waals surface area contributed by atoms with E-state index in [9.17, 15) is 0 Å². The van der Waals surface area contributed by atoms with E-state index in [1.54, 1.807) is 7.11 Å². The number of hydrogen-bond acceptors (Lipinski definition) is 3. The molecule has 0 amide bonds. The second kappa shape index (κ2) is 9.15. The summed E-state index contributed by atoms with van der Waals surface area (Å²) in [5.41, 5.74) is 0. The topological polar surface area (TPSA) is 48.9 Å². The Balaban J connectivity index is 2.23. The highest BCUT2D eigenvalue weighted by atomic mass is 16.5. The molecular formula is C14H30N4O. The number of ether oxygens (including phenoxy) is 1. The standard InChI is InChI=1S/C14H30N4O/c1-5-7-18-8-6-13(10-18)9-16-14(15-3)17-12(2)11-19-4/h12-13H,5-11H2,1-4H3,(H2,15,16,17). The molecule has 0 spiro atoms. The van der Waals surface area contributed by atoms with Gasteiger partial charge in [-0.05, 0) is 38.8 Å². The van der Waals surface area contributed by atoms with Gasteiger partial charge in [-0.15, -0.1) is 0 Å². The van der Waals surface area contributed by atoms with Crippen molar-refractivity contribution in [2.24, 2.45) is 10.9 Å². The normalized spacial score (nSPS) is 22.5. The summed E-state index contributed by atoms with van der Waals surface area (Å²) in [5, 5.41) is 6.75. The molecule has 5 heteroatoms. The van der Waals surface area contributed by atoms with Crippen LogP contribution in [0.5, 0.6) is 0 Å². The number of guanidine groups is 1. The van der Waals surface area contributed by atoms with Crippen LogP contribution in [0, 0.1) is 5.92 Å². The molecule has 1 aliphatic heterocycles. The molecule has 0 bridgehead atoms. The van der Waals surface area contributed by atoms with E-state index in [1.165, 1.54) is 32.5 Å². The van der Waals surface area contributed by atoms with Crippen LogP contribution >= 0.6 is 0 Å². The lowest BCUT2D eigenvalue weighted by Crippen LogP contribution is -2.45. The molecule has 5 nitrogen and oxygen atoms in total. The van der Waals surface area contributed by atoms with Gasteiger partial charge >= 0.3 is 0 Å². The second-order valence-corrected chi connectivity index (χ2v) is 5.41. The molecule has 0 aromatic heterocycles. The summed E-state index contributed by atoms with van der Waals surface area (Å²) in [5.74, 6) is 1.61. The van der Waals surface area contributed by atoms with E-state index in [2.05, 4.69) is 34.4 Å². The largest absolute Gasteiger partial charge is 0.383 e. The number of hydrogen-bond donors (Lipinski definition) is 2. The Bertz CT molecular complexity index is 270. The van der Waals surface area contributed by atoms with Crippen molar-refractivity contribution in [3.05, 3.63) is 0 Å². The van der Waals surface area contributed by atoms with Crippen LogP contribution in [0.25, 0.3) is 0 Å². The fourth-order valence-corrected chi connectivity index (χ4v) is 2.56. The molecule has 1 heterocycles. The summed E-state index contributed by atoms with van der Waals surface area (Å²) in [6, 6.07) is 0.274. The first-order chi connectivity index (χ1) is 9.19. The minimum absolute atomic E-state index is 0.274. The van der Waals surface area contributed by atoms with E-state index in [4.69, 9.17) is 4.74 Å². The molecule has 0 aliphatic carbocycles. The van der Waals surface area contributed by atoms with Crippen LogP contribution in [-0.4, -0.2) is 63.8 Å². The van der Waals surface area contributed by atoms with Gasteiger partial charge in [0.05, 0.1) is 6.61 Å². The smallest absolute Gasteiger partial charge is 0.191 e. The van der Waals surface area contributed by atoms with Crippen molar-refractivity contribution >= 4 is 5.96 Å². The third-order valence-corrected chi connectivity index (χ3v) is 3.49. The molecule has 0 aromatic carbocycles. The van der Waals surface area contributed by atoms with E-state index in [1.807, 2.05) is 7.05 Å². The summed E-state index contributed by atoms with van der Waals surface area (Å²) in [4.78, 5) is 6.80. The second-order valence-electron chi connectivity index (χ2n) is 5.41. The number of methoxy groups -OCH3 is 1. The van der Waals surface area contributed by atoms with Crippen LogP contribution in [0.15, 0.2) is 4.99 Å². The van der Waals surface area contributed by atoms with Crippen molar-refractivity contribution in [3.8, 4) is 0 Å². The maximum atomic E-state index is 5.12. The zero-order valence-corrected chi connectivity index (χ0v) is 12.9. The zero-order chi connectivity index (χ0) is 14.1. The summed E-state index contributed by atoms with van der Waals surface area (Å²) < 4.78 is 5.12. The molecule has 2 N–H and O–H groups in total. The van der Waals surface area contributed by atoms with Crippen molar-refractivity contribution in [2.45, 2.75) is 32.7 Å². The fourth-order valence-electron chi connectivity index (χ4n) is 2.56. The monoisotopic (exact) mass is 270 g/mol. The molecule has 0 aromatic rings. The summed E-state index contributed by atoms with van der Waals surface area (Å²) in [6.45, 7) is 9.71. The van der Waals surface area contributed by atoms with Crippen LogP contribution in [0.2, 0.25) is 0 Å². The number of nitrogens with zero attached hydrogens (tertiary/aromatic N) is 2. The van der Waals surface area contributed by atoms with Crippen LogP contribution in [0.3, 0.4) is 0 Å². The predicted octanol–water partition coefficient (Wildman–Crippen LogP) is 0.918. The van der Waals surface area contributed by atoms with Gasteiger partial charge in [0.15, 0.2) is 5.96 Å². The van der Waals surface area contributed by atoms with Crippen molar-refractivity contribution in [1.29, 1.82) is 0 Å². The lowest BCUT2D eigenvalue weighted by atomic mass is 10.1. The predicted molar refractivity (Wildman–Crippen MR) is 80.7 cm³/mol. The summed E-state index contributed by atoms with van der Waals surface area (Å²) in [6.07, 6.45) is 2.54. The van der Waals surface area contributed by atoms with E-state index in [0.717, 1.165) is 18.4 Å². The average molecular weight is 270 g/mol. The van der Waals surface area contributed by atoms with Crippen molar-refractivity contribution in [3.63, 3.8) is 0 Å². The van der Waals surface area contributed by atoms with Crippen molar-refractivity contribution < 1.29 is 4.74 Å². The van der Waals surface area contributed by atoms with Gasteiger partial charge in [-0.2, -0.15) is 0 Å². The minimum atomic E-state index is 0.274. The van der Waals surface area contributed by atoms with Crippen molar-refractivity contribution in [1.82, 2.24) is 15.5 Å². The molecule has 112 valence electrons. The fraction of sp³-hybridized carbons (Fsp3) is 0.929. The van der Waals surface area contributed by atoms with Crippen LogP contribution in [0.1, 0.15) is 26.7 Å². The van der Waals surface area contributed by atoms with Gasteiger partial charge in [-0.1, -0.05) is 6.92 Å². The van der Waals surface area contributed by atoms with E-state index >= 15 is 0 Å². The Morgan fingerprint density at radius 3 is 2.95 bits per heavy atom. The lowest BCUT2D eigenvalue weighted by molar-refractivity contribution is 0.179. The molecule has 1 saturated heterocycles. The van der Waals surface area contributed by atoms with Crippen molar-refractivity contribution in [2.75, 3.05) is 46.9 Å². The Morgan fingerprint density at radius 1 is 1.53 bits per heavy atom. The van der Waals surface area contributed by atoms with Gasteiger partial charge in [0.25, 0.3) is 0 Å². The molecule has 1 fully saturated rings. The first-order valence-electron chi connectivity index (χ1n) is 7.38. The number of nitrogens with one attached hydrogen (secondary N) is 2. The SMILES string of the molecule is CCCN1CCC(CNC(=NC)NC(C)COC)C1. The van der Waals surface area contributed by atoms with Gasteiger partial charge in [-0.25, -0.2) is 0 Å². The molecule has 0 radical (unpaired) electrons. The van der Waals surface area contributed by atoms with Gasteiger partial charge in [0.1, 0.15) is 0 Å². The lowest BCUT2D eigenvalue weighted by Gasteiger charge is -2.19. The zero-order valence-electron chi connectivity index (χ0n) is 12.9. The molecular weight excluding hydrogens is 240 g/mol. The average Bonchev–Trinajstić information content (AvgIpc) is 2.83. The first-order valence-corrected chi connectivity index (χ1v) is 7.38. The van der Waals surface area contributed by atoms with Crippen LogP contribution in [0.4, 0.5) is 0 Å². The summed E-state index contributed by atoms with van der Waals surface area (Å²) in [7, 11) is 3.53. The molecule has 19 heavy (non-hydrogen) atoms. The summed E-state index contributed by atoms with van der Waals surface area (Å²) >= 11 is 0. The Hall–Kier alpha value is -0.810. The highest BCUT2D eigenvalue weighted by Gasteiger charge is 2.21. The number of rotatable bonds is 7. The third kappa shape index (κ3) is 6.25. The Kier molecular flexibility index (Phi) is 7.82. The van der Waals surface area contributed by atoms with Gasteiger partial charge in [0.2, 0.25) is 0 Å². The Morgan fingerprint density at radius 2 is 2.32 bits per heavy atom. The van der Waals surface area contributed by atoms with E-state index < -0.39 is 0 Å². The maximum Gasteiger partial charge on any atom is 0.191 e. The number of aliphatic imine (C=N–C) groups is 1. The number of likely N-dealkylation sites (tertiary alicyclic amines) is 1. The van der Waals surface area contributed by atoms with Crippen LogP contribution in [-0.2, 0) is 4.74 Å². The quantitative estimate of drug-likeness (QED) is 0.533. The van der Waals surface area contributed by atoms with E-state index in [0.29, 0.717) is 6.61 Å². The molecule has 0 saturated carbocycles. The molecule has 2 atom stereocenters. The molecule has 2 unspecified atom stereocenters. The van der Waals surface area contributed by atoms with Gasteiger partial charge in [-0.3, -0.25) is 4.99 Å². The van der Waals surface area contributed by atoms with Gasteiger partial charge in [0, 0.05) is 33.3 Å². The third-order valence-electron chi connectivity index (χ3n) is 3.49.